The zero-order chi connectivity index (χ0) is 12.5. The fourth-order valence-corrected chi connectivity index (χ4v) is 2.46. The van der Waals surface area contributed by atoms with Crippen molar-refractivity contribution in [2.45, 2.75) is 11.8 Å². The summed E-state index contributed by atoms with van der Waals surface area (Å²) in [6, 6.07) is 15.0. The SMILES string of the molecule is Cc1ccccc1-c1cccc(S(C)(=O)=O)c1. The molecule has 0 saturated heterocycles. The summed E-state index contributed by atoms with van der Waals surface area (Å²) in [4.78, 5) is 0.359. The standard InChI is InChI=1S/C14H14O2S/c1-11-6-3-4-9-14(11)12-7-5-8-13(10-12)17(2,15)16/h3-10H,1-2H3. The van der Waals surface area contributed by atoms with Gasteiger partial charge in [-0.2, -0.15) is 0 Å². The molecule has 2 rings (SSSR count). The Balaban J connectivity index is 2.59. The highest BCUT2D eigenvalue weighted by Gasteiger charge is 2.08. The van der Waals surface area contributed by atoms with Gasteiger partial charge in [0, 0.05) is 6.26 Å². The van der Waals surface area contributed by atoms with E-state index in [4.69, 9.17) is 0 Å². The molecule has 0 aliphatic carbocycles. The average molecular weight is 246 g/mol. The summed E-state index contributed by atoms with van der Waals surface area (Å²) in [5.74, 6) is 0. The van der Waals surface area contributed by atoms with Gasteiger partial charge < -0.3 is 0 Å². The molecular weight excluding hydrogens is 232 g/mol. The van der Waals surface area contributed by atoms with Crippen molar-refractivity contribution in [2.75, 3.05) is 6.26 Å². The van der Waals surface area contributed by atoms with Crippen LogP contribution in [0.15, 0.2) is 53.4 Å². The second-order valence-corrected chi connectivity index (χ2v) is 6.13. The molecule has 0 saturated carbocycles. The Morgan fingerprint density at radius 2 is 1.65 bits per heavy atom. The van der Waals surface area contributed by atoms with Gasteiger partial charge in [-0.1, -0.05) is 36.4 Å². The fourth-order valence-electron chi connectivity index (χ4n) is 1.79. The van der Waals surface area contributed by atoms with Crippen LogP contribution >= 0.6 is 0 Å². The first-order valence-corrected chi connectivity index (χ1v) is 7.24. The first-order chi connectivity index (χ1) is 7.98. The van der Waals surface area contributed by atoms with Crippen molar-refractivity contribution in [2.24, 2.45) is 0 Å². The van der Waals surface area contributed by atoms with Gasteiger partial charge >= 0.3 is 0 Å². The predicted molar refractivity (Wildman–Crippen MR) is 69.7 cm³/mol. The van der Waals surface area contributed by atoms with Crippen molar-refractivity contribution < 1.29 is 8.42 Å². The van der Waals surface area contributed by atoms with Crippen molar-refractivity contribution in [1.29, 1.82) is 0 Å². The number of benzene rings is 2. The lowest BCUT2D eigenvalue weighted by Crippen LogP contribution is -1.97. The molecule has 0 spiro atoms. The van der Waals surface area contributed by atoms with Crippen LogP contribution in [-0.2, 0) is 9.84 Å². The highest BCUT2D eigenvalue weighted by Crippen LogP contribution is 2.25. The van der Waals surface area contributed by atoms with Gasteiger partial charge in [0.25, 0.3) is 0 Å². The number of rotatable bonds is 2. The lowest BCUT2D eigenvalue weighted by Gasteiger charge is -2.07. The maximum Gasteiger partial charge on any atom is 0.175 e. The average Bonchev–Trinajstić information content (AvgIpc) is 2.29. The van der Waals surface area contributed by atoms with Crippen molar-refractivity contribution in [3.63, 3.8) is 0 Å². The number of hydrogen-bond acceptors (Lipinski definition) is 2. The molecule has 0 N–H and O–H groups in total. The summed E-state index contributed by atoms with van der Waals surface area (Å²) in [7, 11) is -3.15. The first-order valence-electron chi connectivity index (χ1n) is 5.34. The van der Waals surface area contributed by atoms with Crippen LogP contribution < -0.4 is 0 Å². The molecule has 0 atom stereocenters. The van der Waals surface area contributed by atoms with E-state index in [1.54, 1.807) is 18.2 Å². The molecule has 17 heavy (non-hydrogen) atoms. The van der Waals surface area contributed by atoms with E-state index in [2.05, 4.69) is 0 Å². The molecule has 0 amide bonds. The van der Waals surface area contributed by atoms with E-state index in [1.807, 2.05) is 37.3 Å². The second kappa shape index (κ2) is 4.34. The zero-order valence-electron chi connectivity index (χ0n) is 9.84. The third-order valence-electron chi connectivity index (χ3n) is 2.72. The molecule has 0 aliphatic heterocycles. The van der Waals surface area contributed by atoms with Gasteiger partial charge in [-0.3, -0.25) is 0 Å². The fraction of sp³-hybridized carbons (Fsp3) is 0.143. The van der Waals surface area contributed by atoms with Crippen LogP contribution in [0.1, 0.15) is 5.56 Å². The van der Waals surface area contributed by atoms with Gasteiger partial charge in [0.2, 0.25) is 0 Å². The highest BCUT2D eigenvalue weighted by molar-refractivity contribution is 7.90. The van der Waals surface area contributed by atoms with Gasteiger partial charge in [-0.25, -0.2) is 8.42 Å². The number of aryl methyl sites for hydroxylation is 1. The molecular formula is C14H14O2S. The van der Waals surface area contributed by atoms with Crippen molar-refractivity contribution >= 4 is 9.84 Å². The Bertz CT molecular complexity index is 643. The van der Waals surface area contributed by atoms with E-state index in [-0.39, 0.29) is 0 Å². The summed E-state index contributed by atoms with van der Waals surface area (Å²) in [5.41, 5.74) is 3.14. The van der Waals surface area contributed by atoms with Crippen LogP contribution in [-0.4, -0.2) is 14.7 Å². The van der Waals surface area contributed by atoms with Crippen molar-refractivity contribution in [1.82, 2.24) is 0 Å². The van der Waals surface area contributed by atoms with Crippen LogP contribution in [0.3, 0.4) is 0 Å². The lowest BCUT2D eigenvalue weighted by molar-refractivity contribution is 0.602. The molecule has 0 aliphatic rings. The summed E-state index contributed by atoms with van der Waals surface area (Å²) in [6.45, 7) is 2.02. The molecule has 0 fully saturated rings. The van der Waals surface area contributed by atoms with E-state index in [0.717, 1.165) is 16.7 Å². The molecule has 88 valence electrons. The van der Waals surface area contributed by atoms with E-state index in [9.17, 15) is 8.42 Å². The van der Waals surface area contributed by atoms with Crippen LogP contribution in [0.5, 0.6) is 0 Å². The Morgan fingerprint density at radius 3 is 2.29 bits per heavy atom. The summed E-state index contributed by atoms with van der Waals surface area (Å²) in [5, 5.41) is 0. The summed E-state index contributed by atoms with van der Waals surface area (Å²) in [6.07, 6.45) is 1.23. The topological polar surface area (TPSA) is 34.1 Å². The van der Waals surface area contributed by atoms with E-state index in [0.29, 0.717) is 4.90 Å². The van der Waals surface area contributed by atoms with Gasteiger partial charge in [-0.15, -0.1) is 0 Å². The number of hydrogen-bond donors (Lipinski definition) is 0. The Morgan fingerprint density at radius 1 is 0.941 bits per heavy atom. The first kappa shape index (κ1) is 11.9. The molecule has 2 aromatic rings. The van der Waals surface area contributed by atoms with Crippen molar-refractivity contribution in [3.8, 4) is 11.1 Å². The Labute approximate surface area is 102 Å². The third-order valence-corrected chi connectivity index (χ3v) is 3.83. The minimum absolute atomic E-state index is 0.359. The normalized spacial score (nSPS) is 11.4. The third kappa shape index (κ3) is 2.56. The largest absolute Gasteiger partial charge is 0.224 e. The Hall–Kier alpha value is -1.61. The number of sulfone groups is 1. The minimum atomic E-state index is -3.15. The molecule has 0 bridgehead atoms. The van der Waals surface area contributed by atoms with Gasteiger partial charge in [0.05, 0.1) is 4.90 Å². The molecule has 0 aromatic heterocycles. The van der Waals surface area contributed by atoms with Gasteiger partial charge in [0.15, 0.2) is 9.84 Å². The molecule has 2 nitrogen and oxygen atoms in total. The van der Waals surface area contributed by atoms with E-state index in [1.165, 1.54) is 6.26 Å². The minimum Gasteiger partial charge on any atom is -0.224 e. The molecule has 0 unspecified atom stereocenters. The van der Waals surface area contributed by atoms with Crippen LogP contribution in [0, 0.1) is 6.92 Å². The van der Waals surface area contributed by atoms with Crippen LogP contribution in [0.2, 0.25) is 0 Å². The van der Waals surface area contributed by atoms with Crippen LogP contribution in [0.4, 0.5) is 0 Å². The highest BCUT2D eigenvalue weighted by atomic mass is 32.2. The quantitative estimate of drug-likeness (QED) is 0.816. The van der Waals surface area contributed by atoms with Gasteiger partial charge in [0.1, 0.15) is 0 Å². The second-order valence-electron chi connectivity index (χ2n) is 4.11. The van der Waals surface area contributed by atoms with Crippen molar-refractivity contribution in [3.05, 3.63) is 54.1 Å². The Kier molecular flexibility index (Phi) is 3.03. The van der Waals surface area contributed by atoms with E-state index >= 15 is 0 Å². The lowest BCUT2D eigenvalue weighted by atomic mass is 10.0. The van der Waals surface area contributed by atoms with Crippen LogP contribution in [0.25, 0.3) is 11.1 Å². The maximum absolute atomic E-state index is 11.5. The molecule has 2 aromatic carbocycles. The van der Waals surface area contributed by atoms with E-state index < -0.39 is 9.84 Å². The molecule has 0 radical (unpaired) electrons. The summed E-state index contributed by atoms with van der Waals surface area (Å²) >= 11 is 0. The summed E-state index contributed by atoms with van der Waals surface area (Å²) < 4.78 is 23.0. The molecule has 0 heterocycles. The zero-order valence-corrected chi connectivity index (χ0v) is 10.7. The monoisotopic (exact) mass is 246 g/mol. The molecule has 3 heteroatoms. The smallest absolute Gasteiger partial charge is 0.175 e. The maximum atomic E-state index is 11.5. The predicted octanol–water partition coefficient (Wildman–Crippen LogP) is 3.07. The van der Waals surface area contributed by atoms with Gasteiger partial charge in [-0.05, 0) is 35.7 Å².